The van der Waals surface area contributed by atoms with Crippen molar-refractivity contribution >= 4 is 0 Å². The number of para-hydroxylation sites is 1. The number of piperidine rings is 1. The highest BCUT2D eigenvalue weighted by Gasteiger charge is 2.18. The molecule has 0 unspecified atom stereocenters. The van der Waals surface area contributed by atoms with E-state index in [1.807, 2.05) is 12.1 Å². The highest BCUT2D eigenvalue weighted by atomic mass is 16.5. The van der Waals surface area contributed by atoms with Crippen LogP contribution in [0, 0.1) is 0 Å². The summed E-state index contributed by atoms with van der Waals surface area (Å²) in [7, 11) is 3.95. The van der Waals surface area contributed by atoms with Crippen LogP contribution in [0.15, 0.2) is 24.3 Å². The molecular weight excluding hydrogens is 212 g/mol. The van der Waals surface area contributed by atoms with Gasteiger partial charge in [-0.2, -0.15) is 0 Å². The largest absolute Gasteiger partial charge is 0.496 e. The van der Waals surface area contributed by atoms with Crippen LogP contribution in [0.4, 0.5) is 0 Å². The van der Waals surface area contributed by atoms with E-state index in [0.717, 1.165) is 25.4 Å². The molecule has 0 amide bonds. The normalized spacial score (nSPS) is 17.4. The number of hydrogen-bond donors (Lipinski definition) is 1. The lowest BCUT2D eigenvalue weighted by molar-refractivity contribution is 0.190. The van der Waals surface area contributed by atoms with E-state index in [1.165, 1.54) is 18.4 Å². The Kier molecular flexibility index (Phi) is 4.40. The predicted molar refractivity (Wildman–Crippen MR) is 70.4 cm³/mol. The maximum Gasteiger partial charge on any atom is 0.123 e. The van der Waals surface area contributed by atoms with Gasteiger partial charge in [-0.15, -0.1) is 0 Å². The zero-order valence-corrected chi connectivity index (χ0v) is 10.8. The number of methoxy groups -OCH3 is 1. The Hall–Kier alpha value is -1.06. The van der Waals surface area contributed by atoms with Crippen LogP contribution < -0.4 is 10.1 Å². The second kappa shape index (κ2) is 6.03. The van der Waals surface area contributed by atoms with Crippen LogP contribution in [0.25, 0.3) is 0 Å². The molecule has 1 aliphatic heterocycles. The van der Waals surface area contributed by atoms with Gasteiger partial charge in [-0.3, -0.25) is 4.90 Å². The molecule has 3 heteroatoms. The molecule has 2 rings (SSSR count). The summed E-state index contributed by atoms with van der Waals surface area (Å²) >= 11 is 0. The first-order chi connectivity index (χ1) is 8.31. The highest BCUT2D eigenvalue weighted by Crippen LogP contribution is 2.21. The molecule has 1 N–H and O–H groups in total. The Morgan fingerprint density at radius 2 is 2.00 bits per heavy atom. The molecule has 94 valence electrons. The first kappa shape index (κ1) is 12.4. The maximum absolute atomic E-state index is 5.39. The Balaban J connectivity index is 1.99. The third-order valence-corrected chi connectivity index (χ3v) is 3.54. The predicted octanol–water partition coefficient (Wildman–Crippen LogP) is 1.88. The molecule has 1 saturated heterocycles. The number of nitrogens with zero attached hydrogens (tertiary/aromatic N) is 1. The molecule has 0 saturated carbocycles. The van der Waals surface area contributed by atoms with Gasteiger partial charge in [0.2, 0.25) is 0 Å². The minimum atomic E-state index is 0.696. The number of rotatable bonds is 4. The van der Waals surface area contributed by atoms with Crippen molar-refractivity contribution in [3.8, 4) is 5.75 Å². The number of hydrogen-bond acceptors (Lipinski definition) is 3. The standard InChI is InChI=1S/C14H22N2O/c1-16(13-7-9-15-10-8-13)11-12-5-3-4-6-14(12)17-2/h3-6,13,15H,7-11H2,1-2H3. The molecule has 0 spiro atoms. The van der Waals surface area contributed by atoms with Crippen molar-refractivity contribution in [1.82, 2.24) is 10.2 Å². The molecule has 1 heterocycles. The Morgan fingerprint density at radius 1 is 1.29 bits per heavy atom. The summed E-state index contributed by atoms with van der Waals surface area (Å²) in [5.74, 6) is 0.994. The first-order valence-corrected chi connectivity index (χ1v) is 6.34. The van der Waals surface area contributed by atoms with E-state index < -0.39 is 0 Å². The maximum atomic E-state index is 5.39. The SMILES string of the molecule is COc1ccccc1CN(C)C1CCNCC1. The molecule has 0 radical (unpaired) electrons. The number of ether oxygens (including phenoxy) is 1. The summed E-state index contributed by atoms with van der Waals surface area (Å²) in [6, 6.07) is 8.98. The van der Waals surface area contributed by atoms with Crippen LogP contribution in [0.1, 0.15) is 18.4 Å². The van der Waals surface area contributed by atoms with Gasteiger partial charge in [-0.25, -0.2) is 0 Å². The van der Waals surface area contributed by atoms with Crippen LogP contribution in [-0.2, 0) is 6.54 Å². The van der Waals surface area contributed by atoms with Gasteiger partial charge in [0.15, 0.2) is 0 Å². The van der Waals surface area contributed by atoms with Crippen molar-refractivity contribution < 1.29 is 4.74 Å². The zero-order chi connectivity index (χ0) is 12.1. The Labute approximate surface area is 104 Å². The van der Waals surface area contributed by atoms with E-state index in [9.17, 15) is 0 Å². The van der Waals surface area contributed by atoms with Crippen molar-refractivity contribution in [1.29, 1.82) is 0 Å². The second-order valence-electron chi connectivity index (χ2n) is 4.71. The van der Waals surface area contributed by atoms with Crippen LogP contribution in [0.2, 0.25) is 0 Å². The van der Waals surface area contributed by atoms with Crippen LogP contribution >= 0.6 is 0 Å². The Morgan fingerprint density at radius 3 is 2.71 bits per heavy atom. The fourth-order valence-corrected chi connectivity index (χ4v) is 2.48. The smallest absolute Gasteiger partial charge is 0.123 e. The van der Waals surface area contributed by atoms with Crippen LogP contribution in [-0.4, -0.2) is 38.2 Å². The molecule has 0 aliphatic carbocycles. The summed E-state index contributed by atoms with van der Waals surface area (Å²) < 4.78 is 5.39. The summed E-state index contributed by atoms with van der Waals surface area (Å²) in [6.07, 6.45) is 2.48. The van der Waals surface area contributed by atoms with E-state index in [4.69, 9.17) is 4.74 Å². The monoisotopic (exact) mass is 234 g/mol. The topological polar surface area (TPSA) is 24.5 Å². The quantitative estimate of drug-likeness (QED) is 0.861. The Bertz CT molecular complexity index is 348. The van der Waals surface area contributed by atoms with Crippen molar-refractivity contribution in [2.75, 3.05) is 27.2 Å². The molecule has 0 atom stereocenters. The fraction of sp³-hybridized carbons (Fsp3) is 0.571. The molecule has 3 nitrogen and oxygen atoms in total. The molecule has 1 fully saturated rings. The van der Waals surface area contributed by atoms with Crippen molar-refractivity contribution in [2.24, 2.45) is 0 Å². The minimum Gasteiger partial charge on any atom is -0.496 e. The molecule has 0 bridgehead atoms. The lowest BCUT2D eigenvalue weighted by atomic mass is 10.0. The average Bonchev–Trinajstić information content (AvgIpc) is 2.40. The van der Waals surface area contributed by atoms with Gasteiger partial charge in [-0.05, 0) is 39.0 Å². The average molecular weight is 234 g/mol. The van der Waals surface area contributed by atoms with E-state index in [-0.39, 0.29) is 0 Å². The number of benzene rings is 1. The van der Waals surface area contributed by atoms with Crippen LogP contribution in [0.3, 0.4) is 0 Å². The molecule has 17 heavy (non-hydrogen) atoms. The van der Waals surface area contributed by atoms with Gasteiger partial charge < -0.3 is 10.1 Å². The van der Waals surface area contributed by atoms with E-state index in [2.05, 4.69) is 29.4 Å². The summed E-state index contributed by atoms with van der Waals surface area (Å²) in [5, 5.41) is 3.40. The van der Waals surface area contributed by atoms with Crippen molar-refractivity contribution in [3.05, 3.63) is 29.8 Å². The van der Waals surface area contributed by atoms with Gasteiger partial charge in [0.1, 0.15) is 5.75 Å². The van der Waals surface area contributed by atoms with Gasteiger partial charge >= 0.3 is 0 Å². The molecule has 1 aromatic rings. The molecule has 0 aromatic heterocycles. The summed E-state index contributed by atoms with van der Waals surface area (Å²) in [6.45, 7) is 3.25. The lowest BCUT2D eigenvalue weighted by Crippen LogP contribution is -2.40. The van der Waals surface area contributed by atoms with Gasteiger partial charge in [-0.1, -0.05) is 18.2 Å². The highest BCUT2D eigenvalue weighted by molar-refractivity contribution is 5.33. The number of nitrogens with one attached hydrogen (secondary N) is 1. The fourth-order valence-electron chi connectivity index (χ4n) is 2.48. The van der Waals surface area contributed by atoms with Gasteiger partial charge in [0.05, 0.1) is 7.11 Å². The van der Waals surface area contributed by atoms with E-state index >= 15 is 0 Å². The van der Waals surface area contributed by atoms with E-state index in [0.29, 0.717) is 6.04 Å². The molecule has 1 aromatic carbocycles. The van der Waals surface area contributed by atoms with Crippen LogP contribution in [0.5, 0.6) is 5.75 Å². The summed E-state index contributed by atoms with van der Waals surface area (Å²) in [4.78, 5) is 2.44. The summed E-state index contributed by atoms with van der Waals surface area (Å²) in [5.41, 5.74) is 1.27. The molecular formula is C14H22N2O. The van der Waals surface area contributed by atoms with E-state index in [1.54, 1.807) is 7.11 Å². The lowest BCUT2D eigenvalue weighted by Gasteiger charge is -2.31. The van der Waals surface area contributed by atoms with Gasteiger partial charge in [0, 0.05) is 18.2 Å². The first-order valence-electron chi connectivity index (χ1n) is 6.34. The third kappa shape index (κ3) is 3.20. The molecule has 1 aliphatic rings. The minimum absolute atomic E-state index is 0.696. The second-order valence-corrected chi connectivity index (χ2v) is 4.71. The van der Waals surface area contributed by atoms with Gasteiger partial charge in [0.25, 0.3) is 0 Å². The zero-order valence-electron chi connectivity index (χ0n) is 10.8. The third-order valence-electron chi connectivity index (χ3n) is 3.54. The van der Waals surface area contributed by atoms with Crippen molar-refractivity contribution in [2.45, 2.75) is 25.4 Å². The van der Waals surface area contributed by atoms with Crippen molar-refractivity contribution in [3.63, 3.8) is 0 Å².